The van der Waals surface area contributed by atoms with Crippen LogP contribution in [0.5, 0.6) is 0 Å². The first kappa shape index (κ1) is 17.6. The van der Waals surface area contributed by atoms with Gasteiger partial charge in [0.15, 0.2) is 6.61 Å². The van der Waals surface area contributed by atoms with E-state index in [0.717, 1.165) is 17.5 Å². The van der Waals surface area contributed by atoms with E-state index in [1.165, 1.54) is 0 Å². The molecule has 26 heavy (non-hydrogen) atoms. The molecule has 0 bridgehead atoms. The number of carbonyl (C=O) groups is 2. The minimum absolute atomic E-state index is 0.440. The van der Waals surface area contributed by atoms with Crippen molar-refractivity contribution < 1.29 is 27.5 Å². The summed E-state index contributed by atoms with van der Waals surface area (Å²) < 4.78 is 36.8. The van der Waals surface area contributed by atoms with Crippen LogP contribution in [0.15, 0.2) is 52.9 Å². The Morgan fingerprint density at radius 3 is 2.65 bits per heavy atom. The molecule has 0 radical (unpaired) electrons. The number of esters is 1. The van der Waals surface area contributed by atoms with Crippen molar-refractivity contribution in [1.29, 1.82) is 0 Å². The van der Waals surface area contributed by atoms with E-state index in [0.29, 0.717) is 17.4 Å². The van der Waals surface area contributed by atoms with Crippen LogP contribution in [0.2, 0.25) is 0 Å². The van der Waals surface area contributed by atoms with Crippen molar-refractivity contribution in [3.63, 3.8) is 0 Å². The fourth-order valence-corrected chi connectivity index (χ4v) is 2.43. The number of rotatable bonds is 5. The molecule has 3 rings (SSSR count). The van der Waals surface area contributed by atoms with Gasteiger partial charge in [-0.3, -0.25) is 4.79 Å². The van der Waals surface area contributed by atoms with Gasteiger partial charge < -0.3 is 14.5 Å². The standard InChI is InChI=1S/C19H15F2NO4/c1-11(17-8-12-4-2-3-5-16(12)26-17)22-18(23)10-25-19(24)14-7-6-13(20)9-15(14)21/h2-9,11H,10H2,1H3,(H,22,23)/t11-/m0/s1. The van der Waals surface area contributed by atoms with E-state index in [4.69, 9.17) is 9.15 Å². The van der Waals surface area contributed by atoms with Crippen LogP contribution in [0, 0.1) is 11.6 Å². The third-order valence-electron chi connectivity index (χ3n) is 3.73. The monoisotopic (exact) mass is 359 g/mol. The van der Waals surface area contributed by atoms with E-state index in [2.05, 4.69) is 5.32 Å². The highest BCUT2D eigenvalue weighted by Crippen LogP contribution is 2.23. The maximum absolute atomic E-state index is 13.5. The zero-order chi connectivity index (χ0) is 18.7. The van der Waals surface area contributed by atoms with E-state index in [9.17, 15) is 18.4 Å². The number of para-hydroxylation sites is 1. The lowest BCUT2D eigenvalue weighted by molar-refractivity contribution is -0.125. The highest BCUT2D eigenvalue weighted by Gasteiger charge is 2.18. The summed E-state index contributed by atoms with van der Waals surface area (Å²) in [5, 5.41) is 3.53. The number of benzene rings is 2. The molecule has 0 aliphatic heterocycles. The summed E-state index contributed by atoms with van der Waals surface area (Å²) in [6, 6.07) is 11.2. The largest absolute Gasteiger partial charge is 0.459 e. The minimum atomic E-state index is -1.05. The van der Waals surface area contributed by atoms with Crippen LogP contribution in [0.25, 0.3) is 11.0 Å². The second-order valence-electron chi connectivity index (χ2n) is 5.68. The molecular formula is C19H15F2NO4. The number of hydrogen-bond acceptors (Lipinski definition) is 4. The Morgan fingerprint density at radius 2 is 1.92 bits per heavy atom. The first-order valence-corrected chi connectivity index (χ1v) is 7.84. The van der Waals surface area contributed by atoms with E-state index in [1.54, 1.807) is 13.0 Å². The smallest absolute Gasteiger partial charge is 0.341 e. The molecule has 7 heteroatoms. The molecule has 0 aliphatic carbocycles. The zero-order valence-electron chi connectivity index (χ0n) is 13.8. The third kappa shape index (κ3) is 3.88. The second kappa shape index (κ2) is 7.35. The molecule has 0 spiro atoms. The van der Waals surface area contributed by atoms with Gasteiger partial charge in [0.1, 0.15) is 23.0 Å². The molecule has 3 aromatic rings. The summed E-state index contributed by atoms with van der Waals surface area (Å²) in [4.78, 5) is 23.7. The van der Waals surface area contributed by atoms with E-state index in [-0.39, 0.29) is 0 Å². The maximum Gasteiger partial charge on any atom is 0.341 e. The van der Waals surface area contributed by atoms with Crippen molar-refractivity contribution in [3.8, 4) is 0 Å². The predicted octanol–water partition coefficient (Wildman–Crippen LogP) is 3.75. The lowest BCUT2D eigenvalue weighted by Gasteiger charge is -2.11. The molecule has 134 valence electrons. The number of furan rings is 1. The van der Waals surface area contributed by atoms with Gasteiger partial charge in [0.05, 0.1) is 11.6 Å². The van der Waals surface area contributed by atoms with Gasteiger partial charge in [-0.05, 0) is 31.2 Å². The van der Waals surface area contributed by atoms with Crippen molar-refractivity contribution in [1.82, 2.24) is 5.32 Å². The fourth-order valence-electron chi connectivity index (χ4n) is 2.43. The Kier molecular flexibility index (Phi) is 4.97. The summed E-state index contributed by atoms with van der Waals surface area (Å²) in [5.41, 5.74) is 0.256. The summed E-state index contributed by atoms with van der Waals surface area (Å²) in [7, 11) is 0. The van der Waals surface area contributed by atoms with Gasteiger partial charge in [0, 0.05) is 11.5 Å². The number of hydrogen-bond donors (Lipinski definition) is 1. The molecular weight excluding hydrogens is 344 g/mol. The van der Waals surface area contributed by atoms with Gasteiger partial charge >= 0.3 is 5.97 Å². The number of carbonyl (C=O) groups excluding carboxylic acids is 2. The Bertz CT molecular complexity index is 934. The molecule has 1 amide bonds. The van der Waals surface area contributed by atoms with Gasteiger partial charge in [-0.25, -0.2) is 13.6 Å². The highest BCUT2D eigenvalue weighted by molar-refractivity contribution is 5.91. The van der Waals surface area contributed by atoms with Gasteiger partial charge in [-0.15, -0.1) is 0 Å². The summed E-state index contributed by atoms with van der Waals surface area (Å²) in [6.45, 7) is 1.12. The number of amides is 1. The van der Waals surface area contributed by atoms with Crippen LogP contribution in [-0.2, 0) is 9.53 Å². The van der Waals surface area contributed by atoms with Crippen LogP contribution in [0.4, 0.5) is 8.78 Å². The lowest BCUT2D eigenvalue weighted by atomic mass is 10.2. The second-order valence-corrected chi connectivity index (χ2v) is 5.68. The first-order chi connectivity index (χ1) is 12.4. The topological polar surface area (TPSA) is 68.5 Å². The Balaban J connectivity index is 1.57. The lowest BCUT2D eigenvalue weighted by Crippen LogP contribution is -2.31. The summed E-state index contributed by atoms with van der Waals surface area (Å²) in [6.07, 6.45) is 0. The van der Waals surface area contributed by atoms with Crippen LogP contribution in [0.1, 0.15) is 29.1 Å². The van der Waals surface area contributed by atoms with Crippen molar-refractivity contribution in [2.75, 3.05) is 6.61 Å². The molecule has 5 nitrogen and oxygen atoms in total. The van der Waals surface area contributed by atoms with Crippen molar-refractivity contribution in [2.45, 2.75) is 13.0 Å². The molecule has 1 N–H and O–H groups in total. The number of nitrogens with one attached hydrogen (secondary N) is 1. The Morgan fingerprint density at radius 1 is 1.15 bits per heavy atom. The zero-order valence-corrected chi connectivity index (χ0v) is 13.8. The van der Waals surface area contributed by atoms with Crippen LogP contribution >= 0.6 is 0 Å². The first-order valence-electron chi connectivity index (χ1n) is 7.84. The van der Waals surface area contributed by atoms with Crippen molar-refractivity contribution in [2.24, 2.45) is 0 Å². The molecule has 0 saturated carbocycles. The number of halogens is 2. The Labute approximate surface area is 147 Å². The SMILES string of the molecule is C[C@H](NC(=O)COC(=O)c1ccc(F)cc1F)c1cc2ccccc2o1. The van der Waals surface area contributed by atoms with Gasteiger partial charge in [0.2, 0.25) is 0 Å². The minimum Gasteiger partial charge on any atom is -0.459 e. The van der Waals surface area contributed by atoms with Crippen LogP contribution in [-0.4, -0.2) is 18.5 Å². The highest BCUT2D eigenvalue weighted by atomic mass is 19.1. The van der Waals surface area contributed by atoms with E-state index in [1.807, 2.05) is 24.3 Å². The third-order valence-corrected chi connectivity index (χ3v) is 3.73. The normalized spacial score (nSPS) is 12.0. The number of ether oxygens (including phenoxy) is 1. The van der Waals surface area contributed by atoms with Gasteiger partial charge in [-0.2, -0.15) is 0 Å². The average Bonchev–Trinajstić information content (AvgIpc) is 3.04. The van der Waals surface area contributed by atoms with Crippen LogP contribution < -0.4 is 5.32 Å². The van der Waals surface area contributed by atoms with Crippen LogP contribution in [0.3, 0.4) is 0 Å². The molecule has 1 heterocycles. The van der Waals surface area contributed by atoms with Crippen molar-refractivity contribution in [3.05, 3.63) is 71.5 Å². The molecule has 1 aromatic heterocycles. The fraction of sp³-hybridized carbons (Fsp3) is 0.158. The van der Waals surface area contributed by atoms with Gasteiger partial charge in [-0.1, -0.05) is 18.2 Å². The molecule has 0 aliphatic rings. The average molecular weight is 359 g/mol. The quantitative estimate of drug-likeness (QED) is 0.705. The molecule has 0 unspecified atom stereocenters. The van der Waals surface area contributed by atoms with E-state index >= 15 is 0 Å². The Hall–Kier alpha value is -3.22. The number of fused-ring (bicyclic) bond motifs is 1. The summed E-state index contributed by atoms with van der Waals surface area (Å²) in [5.74, 6) is -2.93. The maximum atomic E-state index is 13.5. The van der Waals surface area contributed by atoms with E-state index < -0.39 is 41.7 Å². The summed E-state index contributed by atoms with van der Waals surface area (Å²) >= 11 is 0. The van der Waals surface area contributed by atoms with Crippen molar-refractivity contribution >= 4 is 22.8 Å². The predicted molar refractivity (Wildman–Crippen MR) is 89.4 cm³/mol. The molecule has 1 atom stereocenters. The van der Waals surface area contributed by atoms with Gasteiger partial charge in [0.25, 0.3) is 5.91 Å². The molecule has 2 aromatic carbocycles. The molecule has 0 saturated heterocycles. The molecule has 0 fully saturated rings.